The van der Waals surface area contributed by atoms with Crippen molar-refractivity contribution in [3.8, 4) is 0 Å². The Morgan fingerprint density at radius 3 is 2.58 bits per heavy atom. The Morgan fingerprint density at radius 2 is 1.85 bits per heavy atom. The van der Waals surface area contributed by atoms with Crippen LogP contribution in [-0.2, 0) is 12.8 Å². The average molecular weight is 363 g/mol. The molecule has 26 heavy (non-hydrogen) atoms. The van der Waals surface area contributed by atoms with Crippen LogP contribution in [0.25, 0.3) is 6.08 Å². The van der Waals surface area contributed by atoms with E-state index < -0.39 is 0 Å². The van der Waals surface area contributed by atoms with E-state index in [-0.39, 0.29) is 5.78 Å². The number of hydrogen-bond donors (Lipinski definition) is 0. The largest absolute Gasteiger partial charge is 0.464 e. The molecule has 0 amide bonds. The van der Waals surface area contributed by atoms with E-state index in [9.17, 15) is 4.79 Å². The molecule has 0 bridgehead atoms. The van der Waals surface area contributed by atoms with Crippen LogP contribution >= 0.6 is 11.6 Å². The van der Waals surface area contributed by atoms with Crippen molar-refractivity contribution in [1.29, 1.82) is 0 Å². The molecular formula is C23H19ClO2. The first-order chi connectivity index (χ1) is 12.6. The van der Waals surface area contributed by atoms with E-state index in [0.29, 0.717) is 28.5 Å². The molecule has 1 heterocycles. The maximum absolute atomic E-state index is 13.2. The number of ketones is 1. The van der Waals surface area contributed by atoms with Gasteiger partial charge in [0.2, 0.25) is 0 Å². The molecule has 2 aromatic carbocycles. The van der Waals surface area contributed by atoms with Gasteiger partial charge in [0, 0.05) is 29.0 Å². The van der Waals surface area contributed by atoms with Crippen molar-refractivity contribution in [2.24, 2.45) is 5.92 Å². The average Bonchev–Trinajstić information content (AvgIpc) is 2.99. The van der Waals surface area contributed by atoms with Crippen LogP contribution in [0, 0.1) is 5.92 Å². The zero-order valence-electron chi connectivity index (χ0n) is 14.5. The number of rotatable bonds is 4. The van der Waals surface area contributed by atoms with Gasteiger partial charge in [0.05, 0.1) is 5.56 Å². The van der Waals surface area contributed by atoms with E-state index in [1.165, 1.54) is 0 Å². The number of furan rings is 1. The second-order valence-corrected chi connectivity index (χ2v) is 7.21. The molecule has 1 aromatic heterocycles. The van der Waals surface area contributed by atoms with Gasteiger partial charge in [-0.2, -0.15) is 0 Å². The van der Waals surface area contributed by atoms with Crippen molar-refractivity contribution in [2.75, 3.05) is 0 Å². The van der Waals surface area contributed by atoms with Crippen molar-refractivity contribution in [2.45, 2.75) is 19.8 Å². The molecule has 0 saturated carbocycles. The Bertz CT molecular complexity index is 965. The molecule has 1 unspecified atom stereocenters. The van der Waals surface area contributed by atoms with Gasteiger partial charge in [-0.05, 0) is 35.7 Å². The van der Waals surface area contributed by atoms with Crippen molar-refractivity contribution >= 4 is 23.5 Å². The summed E-state index contributed by atoms with van der Waals surface area (Å²) in [6, 6.07) is 17.1. The normalized spacial score (nSPS) is 15.7. The molecule has 1 atom stereocenters. The molecule has 0 aliphatic heterocycles. The quantitative estimate of drug-likeness (QED) is 0.536. The van der Waals surface area contributed by atoms with Gasteiger partial charge < -0.3 is 4.42 Å². The molecule has 130 valence electrons. The Hall–Kier alpha value is -2.58. The van der Waals surface area contributed by atoms with E-state index in [1.54, 1.807) is 24.3 Å². The molecule has 4 rings (SSSR count). The first-order valence-corrected chi connectivity index (χ1v) is 9.16. The van der Waals surface area contributed by atoms with E-state index in [0.717, 1.165) is 29.1 Å². The highest BCUT2D eigenvalue weighted by Crippen LogP contribution is 2.33. The van der Waals surface area contributed by atoms with Gasteiger partial charge in [0.15, 0.2) is 5.78 Å². The highest BCUT2D eigenvalue weighted by molar-refractivity contribution is 6.30. The summed E-state index contributed by atoms with van der Waals surface area (Å²) in [4.78, 5) is 13.2. The van der Waals surface area contributed by atoms with Crippen molar-refractivity contribution < 1.29 is 9.21 Å². The predicted molar refractivity (Wildman–Crippen MR) is 105 cm³/mol. The molecular weight excluding hydrogens is 344 g/mol. The standard InChI is InChI=1S/C23H19ClO2/c1-15-7-12-19-20(13-15)26-21(14-16-5-3-2-4-6-16)22(19)23(25)17-8-10-18(24)11-9-17/h2-12,15H,13-14H2,1H3. The van der Waals surface area contributed by atoms with Gasteiger partial charge in [-0.3, -0.25) is 4.79 Å². The second-order valence-electron chi connectivity index (χ2n) is 6.78. The van der Waals surface area contributed by atoms with Gasteiger partial charge in [0.25, 0.3) is 0 Å². The monoisotopic (exact) mass is 362 g/mol. The minimum Gasteiger partial charge on any atom is -0.464 e. The Morgan fingerprint density at radius 1 is 1.12 bits per heavy atom. The Balaban J connectivity index is 1.80. The number of hydrogen-bond acceptors (Lipinski definition) is 2. The van der Waals surface area contributed by atoms with Crippen LogP contribution in [0.2, 0.25) is 5.02 Å². The van der Waals surface area contributed by atoms with Crippen molar-refractivity contribution in [3.63, 3.8) is 0 Å². The van der Waals surface area contributed by atoms with Crippen LogP contribution in [0.4, 0.5) is 0 Å². The highest BCUT2D eigenvalue weighted by Gasteiger charge is 2.27. The minimum absolute atomic E-state index is 0.0169. The fraction of sp³-hybridized carbons (Fsp3) is 0.174. The summed E-state index contributed by atoms with van der Waals surface area (Å²) in [5, 5.41) is 0.619. The minimum atomic E-state index is -0.0169. The van der Waals surface area contributed by atoms with Crippen LogP contribution < -0.4 is 0 Å². The summed E-state index contributed by atoms with van der Waals surface area (Å²) in [6.07, 6.45) is 5.60. The van der Waals surface area contributed by atoms with Gasteiger partial charge in [0.1, 0.15) is 11.5 Å². The summed E-state index contributed by atoms with van der Waals surface area (Å²) in [7, 11) is 0. The maximum atomic E-state index is 13.2. The number of carbonyl (C=O) groups is 1. The first-order valence-electron chi connectivity index (χ1n) is 8.79. The van der Waals surface area contributed by atoms with Crippen molar-refractivity contribution in [1.82, 2.24) is 0 Å². The van der Waals surface area contributed by atoms with Gasteiger partial charge >= 0.3 is 0 Å². The van der Waals surface area contributed by atoms with E-state index in [4.69, 9.17) is 16.0 Å². The molecule has 0 saturated heterocycles. The molecule has 0 N–H and O–H groups in total. The SMILES string of the molecule is CC1C=Cc2c(oc(Cc3ccccc3)c2C(=O)c2ccc(Cl)cc2)C1. The van der Waals surface area contributed by atoms with Crippen LogP contribution in [0.3, 0.4) is 0 Å². The zero-order valence-corrected chi connectivity index (χ0v) is 15.3. The fourth-order valence-corrected chi connectivity index (χ4v) is 3.52. The maximum Gasteiger partial charge on any atom is 0.197 e. The van der Waals surface area contributed by atoms with Gasteiger partial charge in [-0.1, -0.05) is 61.0 Å². The summed E-state index contributed by atoms with van der Waals surface area (Å²) in [5.74, 6) is 2.04. The number of fused-ring (bicyclic) bond motifs is 1. The van der Waals surface area contributed by atoms with E-state index in [2.05, 4.69) is 25.1 Å². The molecule has 0 radical (unpaired) electrons. The molecule has 0 fully saturated rings. The van der Waals surface area contributed by atoms with Gasteiger partial charge in [-0.25, -0.2) is 0 Å². The van der Waals surface area contributed by atoms with Gasteiger partial charge in [-0.15, -0.1) is 0 Å². The summed E-state index contributed by atoms with van der Waals surface area (Å²) >= 11 is 5.97. The molecule has 2 nitrogen and oxygen atoms in total. The number of halogens is 1. The molecule has 3 aromatic rings. The Kier molecular flexibility index (Phi) is 4.52. The van der Waals surface area contributed by atoms with E-state index >= 15 is 0 Å². The second kappa shape index (κ2) is 6.97. The third kappa shape index (κ3) is 3.25. The lowest BCUT2D eigenvalue weighted by Crippen LogP contribution is -2.07. The predicted octanol–water partition coefficient (Wildman–Crippen LogP) is 5.96. The molecule has 3 heteroatoms. The summed E-state index contributed by atoms with van der Waals surface area (Å²) in [6.45, 7) is 2.15. The van der Waals surface area contributed by atoms with Crippen LogP contribution in [-0.4, -0.2) is 5.78 Å². The fourth-order valence-electron chi connectivity index (χ4n) is 3.39. The first kappa shape index (κ1) is 16.9. The lowest BCUT2D eigenvalue weighted by Gasteiger charge is -2.10. The van der Waals surface area contributed by atoms with Crippen LogP contribution in [0.15, 0.2) is 65.1 Å². The molecule has 1 aliphatic rings. The smallest absolute Gasteiger partial charge is 0.197 e. The lowest BCUT2D eigenvalue weighted by atomic mass is 9.90. The highest BCUT2D eigenvalue weighted by atomic mass is 35.5. The third-order valence-corrected chi connectivity index (χ3v) is 4.99. The van der Waals surface area contributed by atoms with Crippen molar-refractivity contribution in [3.05, 3.63) is 99.5 Å². The Labute approximate surface area is 158 Å². The topological polar surface area (TPSA) is 30.2 Å². The van der Waals surface area contributed by atoms with Crippen LogP contribution in [0.5, 0.6) is 0 Å². The number of carbonyl (C=O) groups excluding carboxylic acids is 1. The summed E-state index contributed by atoms with van der Waals surface area (Å²) < 4.78 is 6.18. The zero-order chi connectivity index (χ0) is 18.1. The lowest BCUT2D eigenvalue weighted by molar-refractivity contribution is 0.103. The third-order valence-electron chi connectivity index (χ3n) is 4.73. The summed E-state index contributed by atoms with van der Waals surface area (Å²) in [5.41, 5.74) is 3.35. The van der Waals surface area contributed by atoms with E-state index in [1.807, 2.05) is 24.3 Å². The van der Waals surface area contributed by atoms with Crippen LogP contribution in [0.1, 0.15) is 45.5 Å². The molecule has 1 aliphatic carbocycles. The number of benzene rings is 2. The number of allylic oxidation sites excluding steroid dienone is 1. The molecule has 0 spiro atoms.